The third kappa shape index (κ3) is 5.12. The van der Waals surface area contributed by atoms with E-state index in [1.807, 2.05) is 76.2 Å². The van der Waals surface area contributed by atoms with Gasteiger partial charge in [-0.2, -0.15) is 9.97 Å². The summed E-state index contributed by atoms with van der Waals surface area (Å²) in [6.45, 7) is 9.30. The van der Waals surface area contributed by atoms with E-state index in [1.54, 1.807) is 4.40 Å². The summed E-state index contributed by atoms with van der Waals surface area (Å²) >= 11 is 1.31. The van der Waals surface area contributed by atoms with Crippen molar-refractivity contribution in [2.45, 2.75) is 38.1 Å². The number of nitrogens with zero attached hydrogens (tertiary/aromatic N) is 5. The van der Waals surface area contributed by atoms with Gasteiger partial charge in [-0.3, -0.25) is 4.79 Å². The number of thioether (sulfide) groups is 1. The molecule has 3 N–H and O–H groups in total. The predicted molar refractivity (Wildman–Crippen MR) is 136 cm³/mol. The average molecular weight is 477 g/mol. The van der Waals surface area contributed by atoms with Crippen molar-refractivity contribution in [2.24, 2.45) is 0 Å². The van der Waals surface area contributed by atoms with Crippen molar-refractivity contribution in [1.82, 2.24) is 24.6 Å². The van der Waals surface area contributed by atoms with Crippen LogP contribution in [0.3, 0.4) is 0 Å². The fourth-order valence-electron chi connectivity index (χ4n) is 3.46. The molecule has 2 heterocycles. The van der Waals surface area contributed by atoms with Crippen LogP contribution in [0.5, 0.6) is 0 Å². The van der Waals surface area contributed by atoms with Crippen LogP contribution in [0.1, 0.15) is 35.8 Å². The number of benzene rings is 2. The third-order valence-corrected chi connectivity index (χ3v) is 6.33. The van der Waals surface area contributed by atoms with Crippen LogP contribution < -0.4 is 16.0 Å². The van der Waals surface area contributed by atoms with Gasteiger partial charge in [-0.25, -0.2) is 4.40 Å². The number of carbonyl (C=O) groups is 1. The molecule has 10 heteroatoms. The van der Waals surface area contributed by atoms with Crippen LogP contribution in [0.4, 0.5) is 17.6 Å². The van der Waals surface area contributed by atoms with Gasteiger partial charge in [0.1, 0.15) is 5.25 Å². The Labute approximate surface area is 202 Å². The Balaban J connectivity index is 1.72. The van der Waals surface area contributed by atoms with E-state index in [-0.39, 0.29) is 5.91 Å². The number of rotatable bonds is 9. The van der Waals surface area contributed by atoms with Crippen molar-refractivity contribution >= 4 is 41.0 Å². The Bertz CT molecular complexity index is 1290. The second-order valence-electron chi connectivity index (χ2n) is 7.77. The molecular formula is C24H28N8OS. The number of anilines is 3. The summed E-state index contributed by atoms with van der Waals surface area (Å²) in [4.78, 5) is 22.6. The summed E-state index contributed by atoms with van der Waals surface area (Å²) in [6, 6.07) is 15.7. The molecule has 0 radical (unpaired) electrons. The first-order valence-electron chi connectivity index (χ1n) is 11.2. The van der Waals surface area contributed by atoms with Gasteiger partial charge in [0.15, 0.2) is 0 Å². The molecular weight excluding hydrogens is 448 g/mol. The molecule has 0 saturated carbocycles. The molecule has 2 aromatic carbocycles. The highest BCUT2D eigenvalue weighted by atomic mass is 32.2. The zero-order valence-electron chi connectivity index (χ0n) is 19.7. The average Bonchev–Trinajstić information content (AvgIpc) is 3.23. The Morgan fingerprint density at radius 3 is 2.50 bits per heavy atom. The van der Waals surface area contributed by atoms with Crippen LogP contribution >= 0.6 is 11.8 Å². The van der Waals surface area contributed by atoms with Crippen molar-refractivity contribution < 1.29 is 4.79 Å². The molecule has 1 atom stereocenters. The zero-order chi connectivity index (χ0) is 24.1. The van der Waals surface area contributed by atoms with Crippen LogP contribution in [0.25, 0.3) is 5.78 Å². The molecule has 0 aliphatic heterocycles. The first-order valence-corrected chi connectivity index (χ1v) is 12.1. The number of carbonyl (C=O) groups excluding carboxylic acids is 1. The maximum atomic E-state index is 13.5. The van der Waals surface area contributed by atoms with Gasteiger partial charge in [0, 0.05) is 18.8 Å². The second-order valence-corrected chi connectivity index (χ2v) is 8.84. The third-order valence-electron chi connectivity index (χ3n) is 5.13. The number of hydrogen-bond donors (Lipinski definition) is 3. The SMILES string of the molecule is CCNc1nc(NCC)n2c(S[C@@H](C(=O)Nc3cc(C)ccc3C)c3ccccc3)nnc2n1. The van der Waals surface area contributed by atoms with E-state index in [4.69, 9.17) is 0 Å². The van der Waals surface area contributed by atoms with E-state index in [1.165, 1.54) is 11.8 Å². The molecule has 0 spiro atoms. The minimum absolute atomic E-state index is 0.142. The highest BCUT2D eigenvalue weighted by Gasteiger charge is 2.26. The smallest absolute Gasteiger partial charge is 0.261 e. The lowest BCUT2D eigenvalue weighted by Gasteiger charge is -2.18. The zero-order valence-corrected chi connectivity index (χ0v) is 20.5. The van der Waals surface area contributed by atoms with Gasteiger partial charge in [0.05, 0.1) is 0 Å². The molecule has 0 unspecified atom stereocenters. The Morgan fingerprint density at radius 2 is 1.76 bits per heavy atom. The monoisotopic (exact) mass is 476 g/mol. The van der Waals surface area contributed by atoms with E-state index in [2.05, 4.69) is 36.1 Å². The normalized spacial score (nSPS) is 11.9. The minimum Gasteiger partial charge on any atom is -0.355 e. The summed E-state index contributed by atoms with van der Waals surface area (Å²) in [5, 5.41) is 18.0. The summed E-state index contributed by atoms with van der Waals surface area (Å²) in [6.07, 6.45) is 0. The van der Waals surface area contributed by atoms with Crippen LogP contribution in [0.15, 0.2) is 53.7 Å². The van der Waals surface area contributed by atoms with Gasteiger partial charge in [0.2, 0.25) is 23.0 Å². The molecule has 1 amide bonds. The predicted octanol–water partition coefficient (Wildman–Crippen LogP) is 4.47. The lowest BCUT2D eigenvalue weighted by molar-refractivity contribution is -0.115. The molecule has 176 valence electrons. The molecule has 9 nitrogen and oxygen atoms in total. The van der Waals surface area contributed by atoms with Crippen molar-refractivity contribution in [3.05, 3.63) is 65.2 Å². The molecule has 4 aromatic rings. The van der Waals surface area contributed by atoms with Crippen LogP contribution in [0.2, 0.25) is 0 Å². The first kappa shape index (κ1) is 23.5. The number of nitrogens with one attached hydrogen (secondary N) is 3. The minimum atomic E-state index is -0.559. The maximum Gasteiger partial charge on any atom is 0.261 e. The molecule has 0 aliphatic rings. The maximum absolute atomic E-state index is 13.5. The lowest BCUT2D eigenvalue weighted by atomic mass is 10.1. The summed E-state index contributed by atoms with van der Waals surface area (Å²) < 4.78 is 1.75. The van der Waals surface area contributed by atoms with Gasteiger partial charge in [-0.15, -0.1) is 10.2 Å². The van der Waals surface area contributed by atoms with Crippen molar-refractivity contribution in [3.8, 4) is 0 Å². The number of fused-ring (bicyclic) bond motifs is 1. The lowest BCUT2D eigenvalue weighted by Crippen LogP contribution is -2.20. The van der Waals surface area contributed by atoms with Crippen LogP contribution in [-0.4, -0.2) is 43.6 Å². The van der Waals surface area contributed by atoms with E-state index >= 15 is 0 Å². The number of aryl methyl sites for hydroxylation is 2. The molecule has 4 rings (SSSR count). The highest BCUT2D eigenvalue weighted by molar-refractivity contribution is 8.00. The van der Waals surface area contributed by atoms with Crippen molar-refractivity contribution in [2.75, 3.05) is 29.0 Å². The standard InChI is InChI=1S/C24H28N8OS/c1-5-25-21-28-22(26-6-2)32-23(29-21)30-31-24(32)34-19(17-10-8-7-9-11-17)20(33)27-18-14-15(3)12-13-16(18)4/h7-14,19H,5-6H2,1-4H3,(H,27,33)(H2,25,26,28,29,30)/t19-/m1/s1. The van der Waals surface area contributed by atoms with Crippen LogP contribution in [-0.2, 0) is 4.79 Å². The van der Waals surface area contributed by atoms with Gasteiger partial charge in [-0.1, -0.05) is 54.2 Å². The Kier molecular flexibility index (Phi) is 7.27. The molecule has 0 saturated heterocycles. The highest BCUT2D eigenvalue weighted by Crippen LogP contribution is 2.36. The molecule has 0 fully saturated rings. The molecule has 0 bridgehead atoms. The number of amides is 1. The van der Waals surface area contributed by atoms with Crippen LogP contribution in [0, 0.1) is 13.8 Å². The fourth-order valence-corrected chi connectivity index (χ4v) is 4.49. The summed E-state index contributed by atoms with van der Waals surface area (Å²) in [7, 11) is 0. The number of aromatic nitrogens is 5. The van der Waals surface area contributed by atoms with Gasteiger partial charge in [-0.05, 0) is 50.5 Å². The van der Waals surface area contributed by atoms with E-state index in [9.17, 15) is 4.79 Å². The van der Waals surface area contributed by atoms with Gasteiger partial charge >= 0.3 is 0 Å². The first-order chi connectivity index (χ1) is 16.5. The van der Waals surface area contributed by atoms with Gasteiger partial charge in [0.25, 0.3) is 5.78 Å². The molecule has 0 aliphatic carbocycles. The summed E-state index contributed by atoms with van der Waals surface area (Å²) in [5.74, 6) is 1.31. The van der Waals surface area contributed by atoms with E-state index in [0.717, 1.165) is 22.4 Å². The second kappa shape index (κ2) is 10.5. The largest absolute Gasteiger partial charge is 0.355 e. The summed E-state index contributed by atoms with van der Waals surface area (Å²) in [5.41, 5.74) is 3.74. The van der Waals surface area contributed by atoms with Gasteiger partial charge < -0.3 is 16.0 Å². The topological polar surface area (TPSA) is 109 Å². The van der Waals surface area contributed by atoms with Crippen molar-refractivity contribution in [1.29, 1.82) is 0 Å². The molecule has 2 aromatic heterocycles. The Morgan fingerprint density at radius 1 is 1.00 bits per heavy atom. The fraction of sp³-hybridized carbons (Fsp3) is 0.292. The number of hydrogen-bond acceptors (Lipinski definition) is 8. The Hall–Kier alpha value is -3.66. The quantitative estimate of drug-likeness (QED) is 0.304. The van der Waals surface area contributed by atoms with Crippen molar-refractivity contribution in [3.63, 3.8) is 0 Å². The van der Waals surface area contributed by atoms with E-state index in [0.29, 0.717) is 35.9 Å². The molecule has 34 heavy (non-hydrogen) atoms. The van der Waals surface area contributed by atoms with E-state index < -0.39 is 5.25 Å².